The number of benzene rings is 2. The molecule has 31 heavy (non-hydrogen) atoms. The number of ether oxygens (including phenoxy) is 3. The first kappa shape index (κ1) is 21.2. The number of rotatable bonds is 7. The van der Waals surface area contributed by atoms with Gasteiger partial charge in [0, 0.05) is 13.1 Å². The predicted molar refractivity (Wildman–Crippen MR) is 115 cm³/mol. The lowest BCUT2D eigenvalue weighted by molar-refractivity contribution is 0.120. The summed E-state index contributed by atoms with van der Waals surface area (Å²) in [5.41, 5.74) is 0.577. The van der Waals surface area contributed by atoms with Crippen molar-refractivity contribution in [1.82, 2.24) is 4.98 Å². The molecule has 1 aliphatic rings. The first-order chi connectivity index (χ1) is 15.0. The fourth-order valence-electron chi connectivity index (χ4n) is 3.37. The lowest BCUT2D eigenvalue weighted by atomic mass is 10.2. The molecule has 0 bridgehead atoms. The highest BCUT2D eigenvalue weighted by atomic mass is 32.2. The van der Waals surface area contributed by atoms with Crippen LogP contribution in [0.15, 0.2) is 62.9 Å². The van der Waals surface area contributed by atoms with E-state index in [2.05, 4.69) is 4.98 Å². The molecule has 1 aromatic heterocycles. The van der Waals surface area contributed by atoms with Crippen LogP contribution in [0.3, 0.4) is 0 Å². The second-order valence-electron chi connectivity index (χ2n) is 6.84. The summed E-state index contributed by atoms with van der Waals surface area (Å²) in [5, 5.41) is -0.125. The van der Waals surface area contributed by atoms with Crippen molar-refractivity contribution < 1.29 is 27.0 Å². The quantitative estimate of drug-likeness (QED) is 0.548. The van der Waals surface area contributed by atoms with Crippen LogP contribution in [0, 0.1) is 0 Å². The summed E-state index contributed by atoms with van der Waals surface area (Å²) in [7, 11) is -2.40. The molecule has 1 aliphatic heterocycles. The van der Waals surface area contributed by atoms with E-state index in [1.807, 2.05) is 24.0 Å². The van der Waals surface area contributed by atoms with Crippen molar-refractivity contribution in [2.75, 3.05) is 44.9 Å². The van der Waals surface area contributed by atoms with E-state index in [9.17, 15) is 8.42 Å². The number of para-hydroxylation sites is 1. The van der Waals surface area contributed by atoms with E-state index in [-0.39, 0.29) is 21.7 Å². The Morgan fingerprint density at radius 3 is 2.45 bits per heavy atom. The van der Waals surface area contributed by atoms with E-state index in [1.165, 1.54) is 12.1 Å². The van der Waals surface area contributed by atoms with Gasteiger partial charge in [-0.15, -0.1) is 0 Å². The molecule has 0 aliphatic carbocycles. The molecule has 4 rings (SSSR count). The van der Waals surface area contributed by atoms with Crippen LogP contribution < -0.4 is 14.4 Å². The van der Waals surface area contributed by atoms with Gasteiger partial charge >= 0.3 is 0 Å². The number of hydrogen-bond acceptors (Lipinski definition) is 8. The van der Waals surface area contributed by atoms with Gasteiger partial charge in [0.05, 0.1) is 37.4 Å². The largest absolute Gasteiger partial charge is 0.496 e. The van der Waals surface area contributed by atoms with E-state index < -0.39 is 9.84 Å². The normalized spacial score (nSPS) is 14.5. The first-order valence-corrected chi connectivity index (χ1v) is 11.5. The van der Waals surface area contributed by atoms with E-state index in [0.717, 1.165) is 0 Å². The van der Waals surface area contributed by atoms with Crippen LogP contribution in [-0.4, -0.2) is 53.4 Å². The van der Waals surface area contributed by atoms with Crippen LogP contribution in [0.5, 0.6) is 11.5 Å². The van der Waals surface area contributed by atoms with Gasteiger partial charge in [-0.1, -0.05) is 12.1 Å². The second kappa shape index (κ2) is 8.99. The van der Waals surface area contributed by atoms with Gasteiger partial charge in [-0.3, -0.25) is 0 Å². The maximum Gasteiger partial charge on any atom is 0.236 e. The van der Waals surface area contributed by atoms with Crippen molar-refractivity contribution in [3.05, 3.63) is 48.5 Å². The Morgan fingerprint density at radius 2 is 1.77 bits per heavy atom. The van der Waals surface area contributed by atoms with Gasteiger partial charge in [-0.2, -0.15) is 4.98 Å². The standard InChI is InChI=1S/C22H24N2O6S/c1-3-29-16-8-10-17(11-9-16)31(25,26)21-22(24-12-14-28-15-13-24)30-20(23-21)18-6-4-5-7-19(18)27-2/h4-11H,3,12-15H2,1-2H3. The van der Waals surface area contributed by atoms with Gasteiger partial charge < -0.3 is 23.5 Å². The van der Waals surface area contributed by atoms with Crippen LogP contribution in [0.2, 0.25) is 0 Å². The number of sulfone groups is 1. The monoisotopic (exact) mass is 444 g/mol. The van der Waals surface area contributed by atoms with Crippen molar-refractivity contribution in [3.8, 4) is 23.0 Å². The molecular formula is C22H24N2O6S. The van der Waals surface area contributed by atoms with Crippen molar-refractivity contribution >= 4 is 15.7 Å². The number of oxazole rings is 1. The van der Waals surface area contributed by atoms with E-state index in [1.54, 1.807) is 31.4 Å². The molecule has 0 N–H and O–H groups in total. The molecule has 3 aromatic rings. The molecule has 0 amide bonds. The summed E-state index contributed by atoms with van der Waals surface area (Å²) in [6, 6.07) is 13.5. The van der Waals surface area contributed by atoms with Crippen LogP contribution in [0.4, 0.5) is 5.88 Å². The molecule has 164 valence electrons. The molecule has 0 unspecified atom stereocenters. The third-order valence-corrected chi connectivity index (χ3v) is 6.58. The summed E-state index contributed by atoms with van der Waals surface area (Å²) in [5.74, 6) is 1.54. The Bertz CT molecular complexity index is 1140. The Labute approximate surface area is 181 Å². The highest BCUT2D eigenvalue weighted by Gasteiger charge is 2.32. The third kappa shape index (κ3) is 4.24. The van der Waals surface area contributed by atoms with Gasteiger partial charge in [0.25, 0.3) is 0 Å². The highest BCUT2D eigenvalue weighted by Crippen LogP contribution is 2.38. The zero-order valence-corrected chi connectivity index (χ0v) is 18.2. The maximum atomic E-state index is 13.5. The van der Waals surface area contributed by atoms with Crippen LogP contribution >= 0.6 is 0 Å². The van der Waals surface area contributed by atoms with E-state index >= 15 is 0 Å². The van der Waals surface area contributed by atoms with E-state index in [0.29, 0.717) is 50.0 Å². The van der Waals surface area contributed by atoms with E-state index in [4.69, 9.17) is 18.6 Å². The molecule has 8 nitrogen and oxygen atoms in total. The Balaban J connectivity index is 1.82. The van der Waals surface area contributed by atoms with Gasteiger partial charge in [-0.25, -0.2) is 8.42 Å². The lowest BCUT2D eigenvalue weighted by Crippen LogP contribution is -2.36. The van der Waals surface area contributed by atoms with Gasteiger partial charge in [-0.05, 0) is 43.3 Å². The topological polar surface area (TPSA) is 91.1 Å². The fraction of sp³-hybridized carbons (Fsp3) is 0.318. The Morgan fingerprint density at radius 1 is 1.06 bits per heavy atom. The molecule has 0 atom stereocenters. The molecule has 0 saturated carbocycles. The number of anilines is 1. The SMILES string of the molecule is CCOc1ccc(S(=O)(=O)c2nc(-c3ccccc3OC)oc2N2CCOCC2)cc1. The highest BCUT2D eigenvalue weighted by molar-refractivity contribution is 7.91. The number of morpholine rings is 1. The summed E-state index contributed by atoms with van der Waals surface area (Å²) >= 11 is 0. The third-order valence-electron chi connectivity index (χ3n) is 4.91. The molecule has 1 fully saturated rings. The zero-order chi connectivity index (χ0) is 21.8. The average Bonchev–Trinajstić information content (AvgIpc) is 3.26. The molecule has 2 aromatic carbocycles. The first-order valence-electron chi connectivity index (χ1n) is 9.99. The summed E-state index contributed by atoms with van der Waals surface area (Å²) in [4.78, 5) is 6.38. The molecular weight excluding hydrogens is 420 g/mol. The van der Waals surface area contributed by atoms with Crippen LogP contribution in [-0.2, 0) is 14.6 Å². The van der Waals surface area contributed by atoms with Gasteiger partial charge in [0.15, 0.2) is 0 Å². The number of nitrogens with zero attached hydrogens (tertiary/aromatic N) is 2. The molecule has 0 spiro atoms. The van der Waals surface area contributed by atoms with Gasteiger partial charge in [0.1, 0.15) is 11.5 Å². The minimum atomic E-state index is -3.94. The van der Waals surface area contributed by atoms with Crippen molar-refractivity contribution in [2.45, 2.75) is 16.8 Å². The molecule has 0 radical (unpaired) electrons. The summed E-state index contributed by atoms with van der Waals surface area (Å²) in [6.45, 7) is 4.34. The van der Waals surface area contributed by atoms with Crippen molar-refractivity contribution in [1.29, 1.82) is 0 Å². The molecule has 9 heteroatoms. The maximum absolute atomic E-state index is 13.5. The van der Waals surface area contributed by atoms with Crippen LogP contribution in [0.1, 0.15) is 6.92 Å². The lowest BCUT2D eigenvalue weighted by Gasteiger charge is -2.26. The molecule has 2 heterocycles. The smallest absolute Gasteiger partial charge is 0.236 e. The number of aromatic nitrogens is 1. The zero-order valence-electron chi connectivity index (χ0n) is 17.4. The Kier molecular flexibility index (Phi) is 6.15. The fourth-order valence-corrected chi connectivity index (χ4v) is 4.69. The van der Waals surface area contributed by atoms with Gasteiger partial charge in [0.2, 0.25) is 26.6 Å². The summed E-state index contributed by atoms with van der Waals surface area (Å²) in [6.07, 6.45) is 0. The predicted octanol–water partition coefficient (Wildman–Crippen LogP) is 3.42. The van der Waals surface area contributed by atoms with Crippen LogP contribution in [0.25, 0.3) is 11.5 Å². The minimum Gasteiger partial charge on any atom is -0.496 e. The second-order valence-corrected chi connectivity index (χ2v) is 8.70. The van der Waals surface area contributed by atoms with Crippen molar-refractivity contribution in [3.63, 3.8) is 0 Å². The molecule has 1 saturated heterocycles. The minimum absolute atomic E-state index is 0.116. The number of hydrogen-bond donors (Lipinski definition) is 0. The number of methoxy groups -OCH3 is 1. The average molecular weight is 445 g/mol. The Hall–Kier alpha value is -3.04. The summed E-state index contributed by atoms with van der Waals surface area (Å²) < 4.78 is 49.3. The van der Waals surface area contributed by atoms with Crippen molar-refractivity contribution in [2.24, 2.45) is 0 Å².